The number of alkyl halides is 2. The molecule has 3 rings (SSSR count). The van der Waals surface area contributed by atoms with E-state index in [9.17, 15) is 4.79 Å². The zero-order chi connectivity index (χ0) is 18.4. The number of likely N-dealkylation sites (tertiary alicyclic amines) is 1. The third-order valence-electron chi connectivity index (χ3n) is 4.52. The van der Waals surface area contributed by atoms with E-state index >= 15 is 0 Å². The summed E-state index contributed by atoms with van der Waals surface area (Å²) in [7, 11) is 5.60. The van der Waals surface area contributed by atoms with E-state index in [4.69, 9.17) is 4.74 Å². The number of carbonyl (C=O) groups excluding carboxylic acids is 1. The SMILES string of the molecule is O=C(Oc1ccc(N(CCBr)CCBr)cc1)N1CCC[C@@H]2SSSC[C@H]21. The Morgan fingerprint density at radius 3 is 2.65 bits per heavy atom. The van der Waals surface area contributed by atoms with Crippen LogP contribution in [0, 0.1) is 0 Å². The normalized spacial score (nSPS) is 22.6. The average molecular weight is 542 g/mol. The molecule has 1 aromatic carbocycles. The summed E-state index contributed by atoms with van der Waals surface area (Å²) in [4.78, 5) is 16.9. The number of nitrogens with zero attached hydrogens (tertiary/aromatic N) is 2. The van der Waals surface area contributed by atoms with Crippen molar-refractivity contribution in [3.8, 4) is 5.75 Å². The molecule has 9 heteroatoms. The Kier molecular flexibility index (Phi) is 8.68. The summed E-state index contributed by atoms with van der Waals surface area (Å²) in [6.07, 6.45) is 2.04. The first-order valence-corrected chi connectivity index (χ1v) is 14.6. The first-order valence-electron chi connectivity index (χ1n) is 8.63. The van der Waals surface area contributed by atoms with Gasteiger partial charge in [-0.3, -0.25) is 0 Å². The fourth-order valence-corrected chi connectivity index (χ4v) is 9.20. The highest BCUT2D eigenvalue weighted by Gasteiger charge is 2.38. The van der Waals surface area contributed by atoms with E-state index in [1.165, 1.54) is 6.42 Å². The van der Waals surface area contributed by atoms with E-state index in [0.717, 1.165) is 48.2 Å². The molecule has 144 valence electrons. The van der Waals surface area contributed by atoms with E-state index in [-0.39, 0.29) is 6.09 Å². The molecule has 1 amide bonds. The third-order valence-corrected chi connectivity index (χ3v) is 9.92. The number of ether oxygens (including phenoxy) is 1. The lowest BCUT2D eigenvalue weighted by molar-refractivity contribution is 0.122. The fraction of sp³-hybridized carbons (Fsp3) is 0.588. The Morgan fingerprint density at radius 1 is 1.23 bits per heavy atom. The molecule has 26 heavy (non-hydrogen) atoms. The Morgan fingerprint density at radius 2 is 1.96 bits per heavy atom. The van der Waals surface area contributed by atoms with Gasteiger partial charge in [0.2, 0.25) is 0 Å². The minimum atomic E-state index is -0.210. The van der Waals surface area contributed by atoms with Crippen molar-refractivity contribution in [2.45, 2.75) is 24.1 Å². The molecule has 0 aromatic heterocycles. The summed E-state index contributed by atoms with van der Waals surface area (Å²) >= 11 is 7.00. The van der Waals surface area contributed by atoms with Crippen LogP contribution < -0.4 is 9.64 Å². The molecule has 0 saturated carbocycles. The summed E-state index contributed by atoms with van der Waals surface area (Å²) in [6, 6.07) is 8.13. The largest absolute Gasteiger partial charge is 0.415 e. The quantitative estimate of drug-likeness (QED) is 0.341. The number of halogens is 2. The van der Waals surface area contributed by atoms with Gasteiger partial charge in [0.15, 0.2) is 0 Å². The van der Waals surface area contributed by atoms with Gasteiger partial charge in [0, 0.05) is 47.0 Å². The molecular formula is C17H22Br2N2O2S3. The number of anilines is 1. The van der Waals surface area contributed by atoms with Crippen molar-refractivity contribution >= 4 is 75.1 Å². The molecule has 0 unspecified atom stereocenters. The first kappa shape index (κ1) is 21.0. The second kappa shape index (κ2) is 10.7. The first-order chi connectivity index (χ1) is 12.7. The zero-order valence-corrected chi connectivity index (χ0v) is 19.9. The number of carbonyl (C=O) groups is 1. The number of fused-ring (bicyclic) bond motifs is 1. The lowest BCUT2D eigenvalue weighted by Crippen LogP contribution is -2.52. The monoisotopic (exact) mass is 540 g/mol. The average Bonchev–Trinajstić information content (AvgIpc) is 2.68. The lowest BCUT2D eigenvalue weighted by Gasteiger charge is -2.41. The van der Waals surface area contributed by atoms with Crippen LogP contribution in [0.25, 0.3) is 0 Å². The maximum atomic E-state index is 12.7. The van der Waals surface area contributed by atoms with Crippen molar-refractivity contribution in [2.24, 2.45) is 0 Å². The minimum Gasteiger partial charge on any atom is -0.410 e. The van der Waals surface area contributed by atoms with Crippen LogP contribution in [0.5, 0.6) is 5.75 Å². The molecule has 2 aliphatic rings. The highest BCUT2D eigenvalue weighted by atomic mass is 79.9. The highest BCUT2D eigenvalue weighted by molar-refractivity contribution is 9.10. The molecule has 0 aliphatic carbocycles. The van der Waals surface area contributed by atoms with Crippen molar-refractivity contribution in [1.29, 1.82) is 0 Å². The van der Waals surface area contributed by atoms with Crippen LogP contribution in [0.1, 0.15) is 12.8 Å². The molecule has 0 bridgehead atoms. The van der Waals surface area contributed by atoms with Crippen LogP contribution in [0.2, 0.25) is 0 Å². The summed E-state index contributed by atoms with van der Waals surface area (Å²) in [5.74, 6) is 1.61. The fourth-order valence-electron chi connectivity index (χ4n) is 3.19. The van der Waals surface area contributed by atoms with Gasteiger partial charge in [0.25, 0.3) is 0 Å². The van der Waals surface area contributed by atoms with Crippen molar-refractivity contribution in [2.75, 3.05) is 40.9 Å². The number of hydrogen-bond acceptors (Lipinski definition) is 6. The number of hydrogen-bond donors (Lipinski definition) is 0. The van der Waals surface area contributed by atoms with Gasteiger partial charge < -0.3 is 14.5 Å². The van der Waals surface area contributed by atoms with Crippen LogP contribution in [0.15, 0.2) is 24.3 Å². The smallest absolute Gasteiger partial charge is 0.410 e. The topological polar surface area (TPSA) is 32.8 Å². The van der Waals surface area contributed by atoms with Crippen LogP contribution in [0.3, 0.4) is 0 Å². The van der Waals surface area contributed by atoms with Crippen LogP contribution in [0.4, 0.5) is 10.5 Å². The van der Waals surface area contributed by atoms with Crippen molar-refractivity contribution < 1.29 is 9.53 Å². The molecule has 4 nitrogen and oxygen atoms in total. The standard InChI is InChI=1S/C17H22Br2N2O2S3/c18-7-10-20(11-8-19)13-3-5-14(6-4-13)23-17(22)21-9-1-2-16-15(21)12-24-26-25-16/h3-6,15-16H,1-2,7-12H2/t15-,16+/m1/s1. The summed E-state index contributed by atoms with van der Waals surface area (Å²) in [5.41, 5.74) is 1.14. The van der Waals surface area contributed by atoms with Gasteiger partial charge in [-0.1, -0.05) is 53.4 Å². The predicted octanol–water partition coefficient (Wildman–Crippen LogP) is 5.66. The molecular weight excluding hydrogens is 520 g/mol. The van der Waals surface area contributed by atoms with Gasteiger partial charge in [-0.25, -0.2) is 4.79 Å². The molecule has 0 N–H and O–H groups in total. The van der Waals surface area contributed by atoms with Crippen molar-refractivity contribution in [3.63, 3.8) is 0 Å². The molecule has 2 atom stereocenters. The van der Waals surface area contributed by atoms with E-state index < -0.39 is 0 Å². The Labute approximate surface area is 183 Å². The van der Waals surface area contributed by atoms with Gasteiger partial charge in [0.1, 0.15) is 5.75 Å². The van der Waals surface area contributed by atoms with E-state index in [0.29, 0.717) is 17.0 Å². The minimum absolute atomic E-state index is 0.210. The summed E-state index contributed by atoms with van der Waals surface area (Å²) in [6.45, 7) is 2.68. The van der Waals surface area contributed by atoms with Crippen LogP contribution >= 0.6 is 63.3 Å². The van der Waals surface area contributed by atoms with E-state index in [2.05, 4.69) is 36.8 Å². The molecule has 2 saturated heterocycles. The van der Waals surface area contributed by atoms with Gasteiger partial charge >= 0.3 is 6.09 Å². The maximum absolute atomic E-state index is 12.7. The van der Waals surface area contributed by atoms with Gasteiger partial charge in [-0.05, 0) is 46.9 Å². The molecule has 2 aliphatic heterocycles. The highest BCUT2D eigenvalue weighted by Crippen LogP contribution is 2.48. The van der Waals surface area contributed by atoms with Crippen molar-refractivity contribution in [3.05, 3.63) is 24.3 Å². The second-order valence-corrected chi connectivity index (χ2v) is 12.1. The maximum Gasteiger partial charge on any atom is 0.415 e. The third kappa shape index (κ3) is 5.43. The Bertz CT molecular complexity index is 586. The molecule has 1 aromatic rings. The second-order valence-electron chi connectivity index (χ2n) is 6.12. The summed E-state index contributed by atoms with van der Waals surface area (Å²) < 4.78 is 5.68. The predicted molar refractivity (Wildman–Crippen MR) is 123 cm³/mol. The van der Waals surface area contributed by atoms with Gasteiger partial charge in [0.05, 0.1) is 6.04 Å². The zero-order valence-electron chi connectivity index (χ0n) is 14.3. The van der Waals surface area contributed by atoms with Crippen molar-refractivity contribution in [1.82, 2.24) is 4.90 Å². The molecule has 2 heterocycles. The van der Waals surface area contributed by atoms with Gasteiger partial charge in [-0.2, -0.15) is 0 Å². The number of rotatable bonds is 6. The molecule has 0 spiro atoms. The lowest BCUT2D eigenvalue weighted by atomic mass is 10.0. The van der Waals surface area contributed by atoms with Crippen LogP contribution in [-0.2, 0) is 0 Å². The Hall–Kier alpha value is 0.300. The van der Waals surface area contributed by atoms with Gasteiger partial charge in [-0.15, -0.1) is 0 Å². The number of amides is 1. The number of piperidine rings is 1. The molecule has 0 radical (unpaired) electrons. The number of benzene rings is 1. The Balaban J connectivity index is 1.62. The summed E-state index contributed by atoms with van der Waals surface area (Å²) in [5, 5.41) is 2.37. The van der Waals surface area contributed by atoms with E-state index in [1.807, 2.05) is 60.6 Å². The molecule has 2 fully saturated rings. The van der Waals surface area contributed by atoms with Crippen LogP contribution in [-0.4, -0.2) is 58.3 Å². The van der Waals surface area contributed by atoms with E-state index in [1.54, 1.807) is 0 Å².